The molecular weight excluding hydrogens is 280 g/mol. The molecule has 2 rings (SSSR count). The lowest BCUT2D eigenvalue weighted by atomic mass is 10.2. The maximum Gasteiger partial charge on any atom is 0.230 e. The Morgan fingerprint density at radius 2 is 2.42 bits per heavy atom. The van der Waals surface area contributed by atoms with Gasteiger partial charge in [-0.05, 0) is 37.1 Å². The molecule has 0 aromatic heterocycles. The predicted molar refractivity (Wildman–Crippen MR) is 81.6 cm³/mol. The van der Waals surface area contributed by atoms with Gasteiger partial charge < -0.3 is 10.6 Å². The summed E-state index contributed by atoms with van der Waals surface area (Å²) in [5.41, 5.74) is 1.16. The largest absolute Gasteiger partial charge is 0.354 e. The predicted octanol–water partition coefficient (Wildman–Crippen LogP) is 2.44. The van der Waals surface area contributed by atoms with Crippen LogP contribution in [0.1, 0.15) is 18.4 Å². The fourth-order valence-electron chi connectivity index (χ4n) is 2.11. The van der Waals surface area contributed by atoms with Crippen LogP contribution in [0.3, 0.4) is 0 Å². The van der Waals surface area contributed by atoms with E-state index >= 15 is 0 Å². The van der Waals surface area contributed by atoms with E-state index in [-0.39, 0.29) is 5.91 Å². The van der Waals surface area contributed by atoms with Crippen LogP contribution in [0.4, 0.5) is 0 Å². The van der Waals surface area contributed by atoms with Crippen LogP contribution in [0.5, 0.6) is 0 Å². The molecule has 1 fully saturated rings. The Morgan fingerprint density at radius 3 is 3.16 bits per heavy atom. The Bertz CT molecular complexity index is 422. The van der Waals surface area contributed by atoms with Crippen molar-refractivity contribution in [2.45, 2.75) is 24.6 Å². The van der Waals surface area contributed by atoms with Crippen LogP contribution in [-0.4, -0.2) is 30.8 Å². The highest BCUT2D eigenvalue weighted by Crippen LogP contribution is 2.16. The van der Waals surface area contributed by atoms with Gasteiger partial charge in [0, 0.05) is 23.4 Å². The standard InChI is InChI=1S/C14H19ClN2OS/c15-12-4-1-3-11(7-12)9-19-10-14(18)17-8-13-5-2-6-16-13/h1,3-4,7,13,16H,2,5-6,8-10H2,(H,17,18). The van der Waals surface area contributed by atoms with Crippen molar-refractivity contribution in [2.75, 3.05) is 18.8 Å². The van der Waals surface area contributed by atoms with Crippen molar-refractivity contribution in [3.05, 3.63) is 34.9 Å². The third kappa shape index (κ3) is 5.43. The number of rotatable bonds is 6. The molecule has 3 nitrogen and oxygen atoms in total. The van der Waals surface area contributed by atoms with Crippen LogP contribution in [0.2, 0.25) is 5.02 Å². The molecular formula is C14H19ClN2OS. The van der Waals surface area contributed by atoms with E-state index in [1.54, 1.807) is 11.8 Å². The van der Waals surface area contributed by atoms with E-state index in [2.05, 4.69) is 10.6 Å². The molecule has 1 unspecified atom stereocenters. The van der Waals surface area contributed by atoms with Gasteiger partial charge in [0.05, 0.1) is 5.75 Å². The molecule has 1 aromatic carbocycles. The zero-order valence-electron chi connectivity index (χ0n) is 10.8. The maximum atomic E-state index is 11.7. The number of hydrogen-bond donors (Lipinski definition) is 2. The van der Waals surface area contributed by atoms with Crippen LogP contribution in [0.15, 0.2) is 24.3 Å². The summed E-state index contributed by atoms with van der Waals surface area (Å²) in [6.45, 7) is 1.82. The first-order chi connectivity index (χ1) is 9.24. The first-order valence-corrected chi connectivity index (χ1v) is 8.09. The second-order valence-electron chi connectivity index (χ2n) is 4.72. The summed E-state index contributed by atoms with van der Waals surface area (Å²) in [5.74, 6) is 1.43. The molecule has 0 bridgehead atoms. The van der Waals surface area contributed by atoms with Crippen LogP contribution in [0, 0.1) is 0 Å². The average Bonchev–Trinajstić information content (AvgIpc) is 2.89. The van der Waals surface area contributed by atoms with Crippen molar-refractivity contribution in [1.82, 2.24) is 10.6 Å². The molecule has 1 amide bonds. The van der Waals surface area contributed by atoms with Gasteiger partial charge in [-0.3, -0.25) is 4.79 Å². The van der Waals surface area contributed by atoms with Gasteiger partial charge in [-0.2, -0.15) is 0 Å². The monoisotopic (exact) mass is 298 g/mol. The smallest absolute Gasteiger partial charge is 0.230 e. The fourth-order valence-corrected chi connectivity index (χ4v) is 3.13. The van der Waals surface area contributed by atoms with Crippen LogP contribution < -0.4 is 10.6 Å². The minimum absolute atomic E-state index is 0.112. The van der Waals surface area contributed by atoms with Crippen molar-refractivity contribution >= 4 is 29.3 Å². The Kier molecular flexibility index (Phi) is 6.01. The third-order valence-corrected chi connectivity index (χ3v) is 4.34. The summed E-state index contributed by atoms with van der Waals surface area (Å²) >= 11 is 7.53. The van der Waals surface area contributed by atoms with E-state index in [9.17, 15) is 4.79 Å². The lowest BCUT2D eigenvalue weighted by molar-refractivity contribution is -0.118. The van der Waals surface area contributed by atoms with Crippen LogP contribution >= 0.6 is 23.4 Å². The maximum absolute atomic E-state index is 11.7. The Morgan fingerprint density at radius 1 is 1.53 bits per heavy atom. The molecule has 1 saturated heterocycles. The van der Waals surface area contributed by atoms with Gasteiger partial charge in [-0.25, -0.2) is 0 Å². The molecule has 2 N–H and O–H groups in total. The molecule has 19 heavy (non-hydrogen) atoms. The SMILES string of the molecule is O=C(CSCc1cccc(Cl)c1)NCC1CCCN1. The van der Waals surface area contributed by atoms with E-state index in [0.29, 0.717) is 11.8 Å². The lowest BCUT2D eigenvalue weighted by Gasteiger charge is -2.11. The van der Waals surface area contributed by atoms with Crippen LogP contribution in [-0.2, 0) is 10.5 Å². The third-order valence-electron chi connectivity index (χ3n) is 3.10. The fraction of sp³-hybridized carbons (Fsp3) is 0.500. The molecule has 104 valence electrons. The molecule has 5 heteroatoms. The molecule has 1 aliphatic rings. The molecule has 0 saturated carbocycles. The number of thioether (sulfide) groups is 1. The number of nitrogens with one attached hydrogen (secondary N) is 2. The van der Waals surface area contributed by atoms with Crippen molar-refractivity contribution in [1.29, 1.82) is 0 Å². The van der Waals surface area contributed by atoms with Gasteiger partial charge in [-0.15, -0.1) is 11.8 Å². The topological polar surface area (TPSA) is 41.1 Å². The second kappa shape index (κ2) is 7.78. The summed E-state index contributed by atoms with van der Waals surface area (Å²) in [6, 6.07) is 8.22. The molecule has 1 heterocycles. The van der Waals surface area contributed by atoms with Crippen molar-refractivity contribution in [3.63, 3.8) is 0 Å². The van der Waals surface area contributed by atoms with E-state index < -0.39 is 0 Å². The van der Waals surface area contributed by atoms with Gasteiger partial charge in [0.25, 0.3) is 0 Å². The molecule has 0 spiro atoms. The zero-order chi connectivity index (χ0) is 13.5. The molecule has 1 aliphatic heterocycles. The van der Waals surface area contributed by atoms with Gasteiger partial charge in [0.1, 0.15) is 0 Å². The second-order valence-corrected chi connectivity index (χ2v) is 6.14. The van der Waals surface area contributed by atoms with Gasteiger partial charge in [0.15, 0.2) is 0 Å². The molecule has 1 atom stereocenters. The van der Waals surface area contributed by atoms with E-state index in [1.807, 2.05) is 24.3 Å². The number of benzene rings is 1. The Hall–Kier alpha value is -0.710. The van der Waals surface area contributed by atoms with Crippen molar-refractivity contribution in [3.8, 4) is 0 Å². The number of amides is 1. The summed E-state index contributed by atoms with van der Waals surface area (Å²) in [5, 5.41) is 7.08. The highest BCUT2D eigenvalue weighted by atomic mass is 35.5. The van der Waals surface area contributed by atoms with Gasteiger partial charge >= 0.3 is 0 Å². The van der Waals surface area contributed by atoms with Gasteiger partial charge in [-0.1, -0.05) is 23.7 Å². The summed E-state index contributed by atoms with van der Waals surface area (Å²) in [7, 11) is 0. The normalized spacial score (nSPS) is 18.5. The van der Waals surface area contributed by atoms with Crippen molar-refractivity contribution < 1.29 is 4.79 Å². The minimum atomic E-state index is 0.112. The quantitative estimate of drug-likeness (QED) is 0.847. The van der Waals surface area contributed by atoms with E-state index in [4.69, 9.17) is 11.6 Å². The average molecular weight is 299 g/mol. The van der Waals surface area contributed by atoms with Gasteiger partial charge in [0.2, 0.25) is 5.91 Å². The summed E-state index contributed by atoms with van der Waals surface area (Å²) in [6.07, 6.45) is 2.37. The van der Waals surface area contributed by atoms with E-state index in [0.717, 1.165) is 35.8 Å². The number of halogens is 1. The van der Waals surface area contributed by atoms with Crippen LogP contribution in [0.25, 0.3) is 0 Å². The number of hydrogen-bond acceptors (Lipinski definition) is 3. The first-order valence-electron chi connectivity index (χ1n) is 6.56. The Balaban J connectivity index is 1.60. The highest BCUT2D eigenvalue weighted by molar-refractivity contribution is 7.99. The summed E-state index contributed by atoms with van der Waals surface area (Å²) < 4.78 is 0. The zero-order valence-corrected chi connectivity index (χ0v) is 12.4. The highest BCUT2D eigenvalue weighted by Gasteiger charge is 2.14. The Labute approximate surface area is 123 Å². The molecule has 0 radical (unpaired) electrons. The number of carbonyl (C=O) groups excluding carboxylic acids is 1. The van der Waals surface area contributed by atoms with E-state index in [1.165, 1.54) is 6.42 Å². The molecule has 1 aromatic rings. The molecule has 0 aliphatic carbocycles. The first kappa shape index (κ1) is 14.7. The summed E-state index contributed by atoms with van der Waals surface area (Å²) in [4.78, 5) is 11.7. The minimum Gasteiger partial charge on any atom is -0.354 e. The van der Waals surface area contributed by atoms with Crippen molar-refractivity contribution in [2.24, 2.45) is 0 Å². The number of carbonyl (C=O) groups is 1. The lowest BCUT2D eigenvalue weighted by Crippen LogP contribution is -2.37.